The summed E-state index contributed by atoms with van der Waals surface area (Å²) in [6.07, 6.45) is -0.188. The van der Waals surface area contributed by atoms with Crippen LogP contribution in [0, 0.1) is 5.82 Å². The van der Waals surface area contributed by atoms with Crippen molar-refractivity contribution in [2.24, 2.45) is 0 Å². The van der Waals surface area contributed by atoms with Crippen LogP contribution >= 0.6 is 38.9 Å². The summed E-state index contributed by atoms with van der Waals surface area (Å²) >= 11 is 10.5. The second-order valence-electron chi connectivity index (χ2n) is 3.62. The Morgan fingerprint density at radius 1 is 1.41 bits per heavy atom. The molecule has 1 N–H and O–H groups in total. The van der Waals surface area contributed by atoms with E-state index in [9.17, 15) is 9.50 Å². The lowest BCUT2D eigenvalue weighted by Gasteiger charge is -2.10. The Kier molecular flexibility index (Phi) is 4.20. The number of aliphatic hydroxyl groups is 1. The molecule has 0 aliphatic rings. The number of halogens is 3. The van der Waals surface area contributed by atoms with Crippen molar-refractivity contribution in [1.82, 2.24) is 0 Å². The quantitative estimate of drug-likeness (QED) is 0.870. The molecule has 0 fully saturated rings. The first-order valence-electron chi connectivity index (χ1n) is 4.92. The highest BCUT2D eigenvalue weighted by Crippen LogP contribution is 2.29. The number of hydrogen-bond acceptors (Lipinski definition) is 2. The molecule has 2 rings (SSSR count). The van der Waals surface area contributed by atoms with E-state index < -0.39 is 6.10 Å². The summed E-state index contributed by atoms with van der Waals surface area (Å²) in [4.78, 5) is 0.811. The number of thiophene rings is 1. The fraction of sp³-hybridized carbons (Fsp3) is 0.167. The summed E-state index contributed by atoms with van der Waals surface area (Å²) in [7, 11) is 0. The van der Waals surface area contributed by atoms with E-state index >= 15 is 0 Å². The maximum Gasteiger partial charge on any atom is 0.124 e. The zero-order chi connectivity index (χ0) is 12.4. The maximum atomic E-state index is 12.9. The molecular weight excluding hydrogens is 327 g/mol. The number of hydrogen-bond donors (Lipinski definition) is 1. The van der Waals surface area contributed by atoms with Crippen molar-refractivity contribution >= 4 is 38.9 Å². The Morgan fingerprint density at radius 3 is 2.76 bits per heavy atom. The summed E-state index contributed by atoms with van der Waals surface area (Å²) in [5.74, 6) is -0.297. The van der Waals surface area contributed by atoms with Crippen LogP contribution < -0.4 is 0 Å². The standard InChI is InChI=1S/C12H9BrClFOS/c13-10-5-9(15)2-1-7(10)3-11(16)12-4-8(14)6-17-12/h1-2,4-6,11,16H,3H2. The van der Waals surface area contributed by atoms with E-state index in [4.69, 9.17) is 11.6 Å². The molecule has 0 aliphatic carbocycles. The van der Waals surface area contributed by atoms with Gasteiger partial charge < -0.3 is 5.11 Å². The molecule has 0 aliphatic heterocycles. The minimum Gasteiger partial charge on any atom is -0.387 e. The Hall–Kier alpha value is -0.420. The smallest absolute Gasteiger partial charge is 0.124 e. The van der Waals surface area contributed by atoms with Gasteiger partial charge in [-0.2, -0.15) is 0 Å². The van der Waals surface area contributed by atoms with Crippen molar-refractivity contribution in [1.29, 1.82) is 0 Å². The second-order valence-corrected chi connectivity index (χ2v) is 5.86. The van der Waals surface area contributed by atoms with Gasteiger partial charge in [0.1, 0.15) is 5.82 Å². The van der Waals surface area contributed by atoms with Gasteiger partial charge in [-0.15, -0.1) is 11.3 Å². The first-order chi connectivity index (χ1) is 8.06. The lowest BCUT2D eigenvalue weighted by atomic mass is 10.1. The topological polar surface area (TPSA) is 20.2 Å². The summed E-state index contributed by atoms with van der Waals surface area (Å²) in [6.45, 7) is 0. The second kappa shape index (κ2) is 5.48. The fourth-order valence-electron chi connectivity index (χ4n) is 1.50. The normalized spacial score (nSPS) is 12.7. The number of benzene rings is 1. The van der Waals surface area contributed by atoms with Crippen LogP contribution in [0.25, 0.3) is 0 Å². The molecule has 1 heterocycles. The molecule has 17 heavy (non-hydrogen) atoms. The van der Waals surface area contributed by atoms with Crippen LogP contribution in [-0.2, 0) is 6.42 Å². The van der Waals surface area contributed by atoms with E-state index in [1.807, 2.05) is 0 Å². The Balaban J connectivity index is 2.15. The molecule has 2 aromatic rings. The molecule has 90 valence electrons. The van der Waals surface area contributed by atoms with Gasteiger partial charge in [0.15, 0.2) is 0 Å². The highest BCUT2D eigenvalue weighted by atomic mass is 79.9. The third kappa shape index (κ3) is 3.28. The highest BCUT2D eigenvalue weighted by molar-refractivity contribution is 9.10. The van der Waals surface area contributed by atoms with Crippen LogP contribution in [0.1, 0.15) is 16.5 Å². The van der Waals surface area contributed by atoms with Gasteiger partial charge in [-0.05, 0) is 23.8 Å². The molecule has 1 aromatic heterocycles. The minimum absolute atomic E-state index is 0.297. The monoisotopic (exact) mass is 334 g/mol. The molecule has 0 bridgehead atoms. The van der Waals surface area contributed by atoms with Crippen molar-refractivity contribution < 1.29 is 9.50 Å². The maximum absolute atomic E-state index is 12.9. The van der Waals surface area contributed by atoms with Gasteiger partial charge in [-0.25, -0.2) is 4.39 Å². The van der Waals surface area contributed by atoms with Crippen LogP contribution in [0.3, 0.4) is 0 Å². The predicted octanol–water partition coefficient (Wildman–Crippen LogP) is 4.58. The molecule has 5 heteroatoms. The summed E-state index contributed by atoms with van der Waals surface area (Å²) in [5.41, 5.74) is 0.864. The number of rotatable bonds is 3. The largest absolute Gasteiger partial charge is 0.387 e. The SMILES string of the molecule is OC(Cc1ccc(F)cc1Br)c1cc(Cl)cs1. The van der Waals surface area contributed by atoms with E-state index in [0.29, 0.717) is 15.9 Å². The van der Waals surface area contributed by atoms with E-state index in [-0.39, 0.29) is 5.82 Å². The van der Waals surface area contributed by atoms with Gasteiger partial charge in [-0.3, -0.25) is 0 Å². The first kappa shape index (κ1) is 13.0. The van der Waals surface area contributed by atoms with E-state index in [1.165, 1.54) is 23.5 Å². The molecule has 1 nitrogen and oxygen atoms in total. The van der Waals surface area contributed by atoms with Crippen LogP contribution in [0.2, 0.25) is 5.02 Å². The average molecular weight is 336 g/mol. The lowest BCUT2D eigenvalue weighted by molar-refractivity contribution is 0.182. The highest BCUT2D eigenvalue weighted by Gasteiger charge is 2.13. The van der Waals surface area contributed by atoms with Gasteiger partial charge in [0.25, 0.3) is 0 Å². The van der Waals surface area contributed by atoms with Crippen LogP contribution in [0.4, 0.5) is 4.39 Å². The van der Waals surface area contributed by atoms with Crippen molar-refractivity contribution in [3.63, 3.8) is 0 Å². The van der Waals surface area contributed by atoms with Crippen molar-refractivity contribution in [3.8, 4) is 0 Å². The van der Waals surface area contributed by atoms with Gasteiger partial charge in [0, 0.05) is 21.2 Å². The van der Waals surface area contributed by atoms with Crippen molar-refractivity contribution in [2.45, 2.75) is 12.5 Å². The minimum atomic E-state index is -0.616. The summed E-state index contributed by atoms with van der Waals surface area (Å²) in [6, 6.07) is 6.18. The van der Waals surface area contributed by atoms with Crippen molar-refractivity contribution in [2.75, 3.05) is 0 Å². The van der Waals surface area contributed by atoms with Crippen LogP contribution in [0.5, 0.6) is 0 Å². The lowest BCUT2D eigenvalue weighted by Crippen LogP contribution is -2.00. The molecule has 1 atom stereocenters. The molecule has 1 aromatic carbocycles. The van der Waals surface area contributed by atoms with Crippen molar-refractivity contribution in [3.05, 3.63) is 55.4 Å². The summed E-state index contributed by atoms with van der Waals surface area (Å²) < 4.78 is 13.6. The zero-order valence-electron chi connectivity index (χ0n) is 8.66. The van der Waals surface area contributed by atoms with E-state index in [0.717, 1.165) is 10.4 Å². The van der Waals surface area contributed by atoms with Crippen LogP contribution in [0.15, 0.2) is 34.1 Å². The average Bonchev–Trinajstić information content (AvgIpc) is 2.69. The predicted molar refractivity (Wildman–Crippen MR) is 72.1 cm³/mol. The molecule has 0 amide bonds. The summed E-state index contributed by atoms with van der Waals surface area (Å²) in [5, 5.41) is 12.4. The first-order valence-corrected chi connectivity index (χ1v) is 6.97. The van der Waals surface area contributed by atoms with Crippen LogP contribution in [-0.4, -0.2) is 5.11 Å². The molecule has 0 saturated carbocycles. The van der Waals surface area contributed by atoms with Gasteiger partial charge in [-0.1, -0.05) is 33.6 Å². The van der Waals surface area contributed by atoms with E-state index in [2.05, 4.69) is 15.9 Å². The number of aliphatic hydroxyl groups excluding tert-OH is 1. The van der Waals surface area contributed by atoms with Gasteiger partial charge in [0.2, 0.25) is 0 Å². The fourth-order valence-corrected chi connectivity index (χ4v) is 3.08. The molecule has 0 saturated heterocycles. The molecule has 0 radical (unpaired) electrons. The molecule has 1 unspecified atom stereocenters. The molecule has 0 spiro atoms. The third-order valence-corrected chi connectivity index (χ3v) is 4.46. The Morgan fingerprint density at radius 2 is 2.18 bits per heavy atom. The van der Waals surface area contributed by atoms with Gasteiger partial charge in [0.05, 0.1) is 11.1 Å². The van der Waals surface area contributed by atoms with E-state index in [1.54, 1.807) is 17.5 Å². The molecular formula is C12H9BrClFOS. The zero-order valence-corrected chi connectivity index (χ0v) is 11.8. The third-order valence-electron chi connectivity index (χ3n) is 2.34. The Labute approximate surface area is 116 Å². The van der Waals surface area contributed by atoms with Gasteiger partial charge >= 0.3 is 0 Å². The Bertz CT molecular complexity index is 529.